The Labute approximate surface area is 123 Å². The van der Waals surface area contributed by atoms with Gasteiger partial charge in [-0.05, 0) is 58.2 Å². The first-order valence-electron chi connectivity index (χ1n) is 7.94. The maximum atomic E-state index is 5.56. The topological polar surface area (TPSA) is 21.3 Å². The van der Waals surface area contributed by atoms with Gasteiger partial charge in [0.1, 0.15) is 5.75 Å². The first kappa shape index (κ1) is 15.4. The molecule has 2 nitrogen and oxygen atoms in total. The molecule has 1 aliphatic carbocycles. The average Bonchev–Trinajstić information content (AvgIpc) is 2.87. The average molecular weight is 275 g/mol. The lowest BCUT2D eigenvalue weighted by Crippen LogP contribution is -2.45. The number of rotatable bonds is 5. The van der Waals surface area contributed by atoms with Crippen LogP contribution in [-0.4, -0.2) is 18.7 Å². The van der Waals surface area contributed by atoms with E-state index in [4.69, 9.17) is 4.74 Å². The summed E-state index contributed by atoms with van der Waals surface area (Å²) >= 11 is 0. The molecule has 0 aromatic heterocycles. The zero-order valence-electron chi connectivity index (χ0n) is 13.5. The van der Waals surface area contributed by atoms with E-state index in [1.54, 1.807) is 0 Å². The summed E-state index contributed by atoms with van der Waals surface area (Å²) in [6, 6.07) is 8.77. The second kappa shape index (κ2) is 6.17. The van der Waals surface area contributed by atoms with Gasteiger partial charge in [0, 0.05) is 17.5 Å². The summed E-state index contributed by atoms with van der Waals surface area (Å²) in [6.07, 6.45) is 5.28. The lowest BCUT2D eigenvalue weighted by Gasteiger charge is -2.34. The molecule has 20 heavy (non-hydrogen) atoms. The summed E-state index contributed by atoms with van der Waals surface area (Å²) < 4.78 is 5.56. The van der Waals surface area contributed by atoms with Crippen LogP contribution in [0.25, 0.3) is 0 Å². The number of hydrogen-bond donors (Lipinski definition) is 1. The number of ether oxygens (including phenoxy) is 1. The molecule has 1 fully saturated rings. The van der Waals surface area contributed by atoms with Crippen molar-refractivity contribution in [1.29, 1.82) is 0 Å². The maximum absolute atomic E-state index is 5.56. The molecule has 1 saturated carbocycles. The van der Waals surface area contributed by atoms with Gasteiger partial charge in [-0.2, -0.15) is 0 Å². The van der Waals surface area contributed by atoms with E-state index in [1.165, 1.54) is 31.2 Å². The van der Waals surface area contributed by atoms with Crippen LogP contribution < -0.4 is 10.1 Å². The molecule has 0 radical (unpaired) electrons. The lowest BCUT2D eigenvalue weighted by atomic mass is 9.78. The Morgan fingerprint density at radius 1 is 1.10 bits per heavy atom. The van der Waals surface area contributed by atoms with Gasteiger partial charge >= 0.3 is 0 Å². The van der Waals surface area contributed by atoms with Gasteiger partial charge in [0.05, 0.1) is 6.61 Å². The largest absolute Gasteiger partial charge is 0.494 e. The predicted molar refractivity (Wildman–Crippen MR) is 85.5 cm³/mol. The molecule has 0 saturated heterocycles. The molecular formula is C18H29NO. The predicted octanol–water partition coefficient (Wildman–Crippen LogP) is 4.29. The highest BCUT2D eigenvalue weighted by Crippen LogP contribution is 2.41. The van der Waals surface area contributed by atoms with Crippen LogP contribution in [0.15, 0.2) is 24.3 Å². The fraction of sp³-hybridized carbons (Fsp3) is 0.667. The maximum Gasteiger partial charge on any atom is 0.119 e. The molecule has 1 aliphatic rings. The first-order valence-corrected chi connectivity index (χ1v) is 7.94. The van der Waals surface area contributed by atoms with Gasteiger partial charge in [0.25, 0.3) is 0 Å². The van der Waals surface area contributed by atoms with Gasteiger partial charge in [-0.25, -0.2) is 0 Å². The van der Waals surface area contributed by atoms with E-state index < -0.39 is 0 Å². The molecular weight excluding hydrogens is 246 g/mol. The van der Waals surface area contributed by atoms with Crippen molar-refractivity contribution >= 4 is 0 Å². The van der Waals surface area contributed by atoms with Gasteiger partial charge in [0.2, 0.25) is 0 Å². The molecule has 0 heterocycles. The summed E-state index contributed by atoms with van der Waals surface area (Å²) in [7, 11) is 0. The Kier molecular flexibility index (Phi) is 4.74. The molecule has 1 aromatic rings. The minimum Gasteiger partial charge on any atom is -0.494 e. The molecule has 0 unspecified atom stereocenters. The quantitative estimate of drug-likeness (QED) is 0.865. The fourth-order valence-electron chi connectivity index (χ4n) is 3.13. The summed E-state index contributed by atoms with van der Waals surface area (Å²) in [5.74, 6) is 0.980. The van der Waals surface area contributed by atoms with E-state index in [1.807, 2.05) is 6.92 Å². The number of nitrogens with one attached hydrogen (secondary N) is 1. The zero-order chi connectivity index (χ0) is 14.6. The van der Waals surface area contributed by atoms with Gasteiger partial charge < -0.3 is 10.1 Å². The molecule has 0 aliphatic heterocycles. The van der Waals surface area contributed by atoms with Crippen LogP contribution in [0, 0.1) is 0 Å². The number of hydrogen-bond acceptors (Lipinski definition) is 2. The zero-order valence-corrected chi connectivity index (χ0v) is 13.5. The highest BCUT2D eigenvalue weighted by Gasteiger charge is 2.36. The van der Waals surface area contributed by atoms with Crippen LogP contribution in [-0.2, 0) is 5.41 Å². The summed E-state index contributed by atoms with van der Waals surface area (Å²) in [4.78, 5) is 0. The Hall–Kier alpha value is -1.02. The Morgan fingerprint density at radius 3 is 2.20 bits per heavy atom. The van der Waals surface area contributed by atoms with Crippen molar-refractivity contribution in [3.8, 4) is 5.75 Å². The normalized spacial score (nSPS) is 18.2. The SMILES string of the molecule is CCOc1ccc(C2(CNC(C)(C)C)CCCC2)cc1. The highest BCUT2D eigenvalue weighted by atomic mass is 16.5. The molecule has 2 heteroatoms. The first-order chi connectivity index (χ1) is 9.45. The van der Waals surface area contributed by atoms with Gasteiger partial charge in [-0.1, -0.05) is 25.0 Å². The summed E-state index contributed by atoms with van der Waals surface area (Å²) in [5, 5.41) is 3.71. The monoisotopic (exact) mass is 275 g/mol. The van der Waals surface area contributed by atoms with E-state index in [0.717, 1.165) is 18.9 Å². The van der Waals surface area contributed by atoms with Gasteiger partial charge in [0.15, 0.2) is 0 Å². The minimum absolute atomic E-state index is 0.181. The third kappa shape index (κ3) is 3.76. The van der Waals surface area contributed by atoms with Gasteiger partial charge in [-0.3, -0.25) is 0 Å². The second-order valence-electron chi connectivity index (χ2n) is 7.05. The molecule has 0 atom stereocenters. The number of benzene rings is 1. The van der Waals surface area contributed by atoms with Crippen LogP contribution >= 0.6 is 0 Å². The molecule has 0 spiro atoms. The van der Waals surface area contributed by atoms with Crippen molar-refractivity contribution in [2.45, 2.75) is 64.3 Å². The van der Waals surface area contributed by atoms with Crippen LogP contribution in [0.3, 0.4) is 0 Å². The van der Waals surface area contributed by atoms with E-state index in [9.17, 15) is 0 Å². The summed E-state index contributed by atoms with van der Waals surface area (Å²) in [5.41, 5.74) is 1.97. The van der Waals surface area contributed by atoms with E-state index >= 15 is 0 Å². The van der Waals surface area contributed by atoms with Crippen LogP contribution in [0.4, 0.5) is 0 Å². The molecule has 2 rings (SSSR count). The van der Waals surface area contributed by atoms with Crippen molar-refractivity contribution in [1.82, 2.24) is 5.32 Å². The smallest absolute Gasteiger partial charge is 0.119 e. The van der Waals surface area contributed by atoms with Crippen molar-refractivity contribution < 1.29 is 4.74 Å². The van der Waals surface area contributed by atoms with Crippen molar-refractivity contribution in [3.63, 3.8) is 0 Å². The lowest BCUT2D eigenvalue weighted by molar-refractivity contribution is 0.329. The third-order valence-corrected chi connectivity index (χ3v) is 4.30. The molecule has 0 amide bonds. The highest BCUT2D eigenvalue weighted by molar-refractivity contribution is 5.33. The minimum atomic E-state index is 0.181. The van der Waals surface area contributed by atoms with Crippen molar-refractivity contribution in [2.24, 2.45) is 0 Å². The van der Waals surface area contributed by atoms with Crippen LogP contribution in [0.5, 0.6) is 5.75 Å². The molecule has 1 N–H and O–H groups in total. The van der Waals surface area contributed by atoms with Gasteiger partial charge in [-0.15, -0.1) is 0 Å². The Balaban J connectivity index is 2.15. The van der Waals surface area contributed by atoms with Crippen LogP contribution in [0.1, 0.15) is 58.9 Å². The second-order valence-corrected chi connectivity index (χ2v) is 7.05. The van der Waals surface area contributed by atoms with E-state index in [0.29, 0.717) is 5.41 Å². The third-order valence-electron chi connectivity index (χ3n) is 4.30. The summed E-state index contributed by atoms with van der Waals surface area (Å²) in [6.45, 7) is 10.6. The molecule has 0 bridgehead atoms. The van der Waals surface area contributed by atoms with Crippen LogP contribution in [0.2, 0.25) is 0 Å². The molecule has 112 valence electrons. The van der Waals surface area contributed by atoms with E-state index in [-0.39, 0.29) is 5.54 Å². The fourth-order valence-corrected chi connectivity index (χ4v) is 3.13. The van der Waals surface area contributed by atoms with Crippen molar-refractivity contribution in [2.75, 3.05) is 13.2 Å². The Bertz CT molecular complexity index is 410. The standard InChI is InChI=1S/C18H29NO/c1-5-20-16-10-8-15(9-11-16)18(12-6-7-13-18)14-19-17(2,3)4/h8-11,19H,5-7,12-14H2,1-4H3. The van der Waals surface area contributed by atoms with E-state index in [2.05, 4.69) is 50.4 Å². The van der Waals surface area contributed by atoms with Crippen molar-refractivity contribution in [3.05, 3.63) is 29.8 Å². The Morgan fingerprint density at radius 2 is 1.70 bits per heavy atom. The molecule has 1 aromatic carbocycles.